The van der Waals surface area contributed by atoms with Crippen molar-refractivity contribution in [2.24, 2.45) is 0 Å². The number of unbranched alkanes of at least 4 members (excludes halogenated alkanes) is 50. The number of aliphatic hydroxyl groups excluding tert-OH is 11. The molecule has 0 aromatic heterocycles. The zero-order valence-corrected chi connectivity index (χ0v) is 62.1. The number of carbonyl (C=O) groups is 1. The number of carbonyl (C=O) groups excluding carboxylic acids is 1. The summed E-state index contributed by atoms with van der Waals surface area (Å²) >= 11 is 0. The van der Waals surface area contributed by atoms with Gasteiger partial charge in [0.2, 0.25) is 5.91 Å². The van der Waals surface area contributed by atoms with E-state index in [2.05, 4.69) is 19.2 Å². The van der Waals surface area contributed by atoms with E-state index in [1.807, 2.05) is 6.08 Å². The Balaban J connectivity index is 1.27. The van der Waals surface area contributed by atoms with E-state index < -0.39 is 124 Å². The maximum Gasteiger partial charge on any atom is 0.220 e. The quantitative estimate of drug-likeness (QED) is 0.0199. The summed E-state index contributed by atoms with van der Waals surface area (Å²) in [5, 5.41) is 121. The van der Waals surface area contributed by atoms with Crippen LogP contribution in [-0.2, 0) is 33.2 Å². The van der Waals surface area contributed by atoms with Crippen LogP contribution >= 0.6 is 0 Å². The van der Waals surface area contributed by atoms with Crippen molar-refractivity contribution in [1.82, 2.24) is 5.32 Å². The monoisotopic (exact) mass is 1400 g/mol. The molecule has 19 heteroatoms. The lowest BCUT2D eigenvalue weighted by Crippen LogP contribution is -2.66. The molecule has 3 heterocycles. The van der Waals surface area contributed by atoms with Crippen LogP contribution in [0.2, 0.25) is 0 Å². The Labute approximate surface area is 595 Å². The van der Waals surface area contributed by atoms with Crippen molar-refractivity contribution in [3.05, 3.63) is 12.2 Å². The molecule has 0 aromatic carbocycles. The standard InChI is InChI=1S/C79H151NO18/c1-3-5-7-9-11-13-15-17-19-20-21-22-23-24-25-26-27-28-29-30-31-32-33-34-35-36-37-38-39-40-41-42-43-45-47-49-51-53-55-57-67(85)80-62(63(84)56-54-52-50-48-46-44-18-16-14-12-10-8-6-4-2)61-93-77-73(91)70(88)75(65(59-82)95-77)98-79-74(92)71(89)76(66(60-83)96-79)97-78-72(90)69(87)68(86)64(58-81)94-78/h54,56,62-66,68-79,81-84,86-92H,3-53,55,57-61H2,1-2H3,(H,80,85)/b56-54+. The molecule has 0 radical (unpaired) electrons. The Kier molecular flexibility index (Phi) is 56.3. The summed E-state index contributed by atoms with van der Waals surface area (Å²) in [5.74, 6) is -0.268. The molecule has 0 bridgehead atoms. The molecule has 12 N–H and O–H groups in total. The molecule has 0 aromatic rings. The normalized spacial score (nSPS) is 26.7. The predicted octanol–water partition coefficient (Wildman–Crippen LogP) is 13.6. The Morgan fingerprint density at radius 2 is 0.633 bits per heavy atom. The molecule has 17 unspecified atom stereocenters. The second-order valence-corrected chi connectivity index (χ2v) is 29.6. The summed E-state index contributed by atoms with van der Waals surface area (Å²) in [7, 11) is 0. The topological polar surface area (TPSA) is 307 Å². The number of nitrogens with one attached hydrogen (secondary N) is 1. The van der Waals surface area contributed by atoms with Gasteiger partial charge in [-0.05, 0) is 19.3 Å². The Hall–Kier alpha value is -1.47. The van der Waals surface area contributed by atoms with Crippen molar-refractivity contribution in [1.29, 1.82) is 0 Å². The smallest absolute Gasteiger partial charge is 0.220 e. The van der Waals surface area contributed by atoms with Gasteiger partial charge >= 0.3 is 0 Å². The van der Waals surface area contributed by atoms with Gasteiger partial charge in [0.1, 0.15) is 73.2 Å². The lowest BCUT2D eigenvalue weighted by Gasteiger charge is -2.48. The van der Waals surface area contributed by atoms with E-state index >= 15 is 0 Å². The SMILES string of the molecule is CCCCCCCCCCCCCC/C=C/C(O)C(COC1OC(CO)C(OC2OC(CO)C(OC3OC(CO)C(O)C(O)C3O)C(O)C2O)C(O)C1O)NC(=O)CCCCCCCCCCCCCCCCCCCCCCCCCCCCCCCCCCCCCCCCC. The fourth-order valence-electron chi connectivity index (χ4n) is 14.3. The molecule has 0 aliphatic carbocycles. The van der Waals surface area contributed by atoms with Crippen LogP contribution in [-0.4, -0.2) is 193 Å². The first-order valence-electron chi connectivity index (χ1n) is 40.9. The summed E-state index contributed by atoms with van der Waals surface area (Å²) in [6.45, 7) is 1.78. The van der Waals surface area contributed by atoms with Gasteiger partial charge in [0, 0.05) is 6.42 Å². The van der Waals surface area contributed by atoms with Crippen molar-refractivity contribution in [3.8, 4) is 0 Å². The third kappa shape index (κ3) is 40.7. The fourth-order valence-corrected chi connectivity index (χ4v) is 14.3. The summed E-state index contributed by atoms with van der Waals surface area (Å²) in [6, 6.07) is -0.969. The van der Waals surface area contributed by atoms with Crippen molar-refractivity contribution < 1.29 is 89.4 Å². The molecule has 3 rings (SSSR count). The van der Waals surface area contributed by atoms with Gasteiger partial charge in [-0.3, -0.25) is 4.79 Å². The summed E-state index contributed by atoms with van der Waals surface area (Å²) in [6.07, 6.45) is 45.3. The van der Waals surface area contributed by atoms with Crippen LogP contribution in [0.1, 0.15) is 354 Å². The van der Waals surface area contributed by atoms with Gasteiger partial charge in [-0.25, -0.2) is 0 Å². The van der Waals surface area contributed by atoms with E-state index in [9.17, 15) is 61.0 Å². The predicted molar refractivity (Wildman–Crippen MR) is 388 cm³/mol. The summed E-state index contributed by atoms with van der Waals surface area (Å²) < 4.78 is 34.4. The minimum atomic E-state index is -1.98. The zero-order chi connectivity index (χ0) is 71.1. The van der Waals surface area contributed by atoms with Crippen LogP contribution in [0.25, 0.3) is 0 Å². The van der Waals surface area contributed by atoms with E-state index in [4.69, 9.17) is 28.4 Å². The van der Waals surface area contributed by atoms with Gasteiger partial charge in [0.15, 0.2) is 18.9 Å². The summed E-state index contributed by atoms with van der Waals surface area (Å²) in [5.41, 5.74) is 0. The maximum absolute atomic E-state index is 13.4. The van der Waals surface area contributed by atoms with Crippen molar-refractivity contribution in [3.63, 3.8) is 0 Å². The first kappa shape index (κ1) is 90.7. The van der Waals surface area contributed by atoms with Gasteiger partial charge in [0.25, 0.3) is 0 Å². The van der Waals surface area contributed by atoms with E-state index in [0.717, 1.165) is 44.9 Å². The van der Waals surface area contributed by atoms with Crippen molar-refractivity contribution in [2.45, 2.75) is 458 Å². The van der Waals surface area contributed by atoms with Crippen LogP contribution < -0.4 is 5.32 Å². The van der Waals surface area contributed by atoms with E-state index in [1.165, 1.54) is 283 Å². The van der Waals surface area contributed by atoms with Crippen molar-refractivity contribution >= 4 is 5.91 Å². The summed E-state index contributed by atoms with van der Waals surface area (Å²) in [4.78, 5) is 13.4. The first-order chi connectivity index (χ1) is 47.8. The highest BCUT2D eigenvalue weighted by Gasteiger charge is 2.54. The number of allylic oxidation sites excluding steroid dienone is 1. The number of ether oxygens (including phenoxy) is 6. The number of hydrogen-bond acceptors (Lipinski definition) is 18. The lowest BCUT2D eigenvalue weighted by molar-refractivity contribution is -0.379. The van der Waals surface area contributed by atoms with Crippen molar-refractivity contribution in [2.75, 3.05) is 26.4 Å². The van der Waals surface area contributed by atoms with Gasteiger partial charge < -0.3 is 89.9 Å². The number of rotatable bonds is 66. The highest BCUT2D eigenvalue weighted by Crippen LogP contribution is 2.33. The highest BCUT2D eigenvalue weighted by atomic mass is 16.8. The van der Waals surface area contributed by atoms with Crippen LogP contribution in [0.5, 0.6) is 0 Å². The Morgan fingerprint density at radius 1 is 0.357 bits per heavy atom. The number of amides is 1. The molecule has 17 atom stereocenters. The molecule has 3 aliphatic heterocycles. The molecule has 1 amide bonds. The lowest BCUT2D eigenvalue weighted by atomic mass is 9.96. The molecule has 98 heavy (non-hydrogen) atoms. The van der Waals surface area contributed by atoms with E-state index in [0.29, 0.717) is 6.42 Å². The first-order valence-corrected chi connectivity index (χ1v) is 40.9. The minimum absolute atomic E-state index is 0.250. The maximum atomic E-state index is 13.4. The largest absolute Gasteiger partial charge is 0.394 e. The molecule has 0 spiro atoms. The number of hydrogen-bond donors (Lipinski definition) is 12. The molecule has 3 fully saturated rings. The Morgan fingerprint density at radius 3 is 0.959 bits per heavy atom. The fraction of sp³-hybridized carbons (Fsp3) is 0.962. The zero-order valence-electron chi connectivity index (χ0n) is 62.1. The van der Waals surface area contributed by atoms with Gasteiger partial charge in [0.05, 0.1) is 38.6 Å². The average Bonchev–Trinajstić information content (AvgIpc) is 0.785. The molecule has 3 saturated heterocycles. The van der Waals surface area contributed by atoms with Crippen LogP contribution in [0, 0.1) is 0 Å². The second kappa shape index (κ2) is 60.8. The molecule has 580 valence electrons. The third-order valence-corrected chi connectivity index (χ3v) is 20.8. The molecule has 19 nitrogen and oxygen atoms in total. The Bertz CT molecular complexity index is 1820. The molecular weight excluding hydrogens is 1250 g/mol. The average molecular weight is 1400 g/mol. The number of aliphatic hydroxyl groups is 11. The van der Waals surface area contributed by atoms with E-state index in [1.54, 1.807) is 6.08 Å². The van der Waals surface area contributed by atoms with Gasteiger partial charge in [-0.2, -0.15) is 0 Å². The third-order valence-electron chi connectivity index (χ3n) is 20.8. The second-order valence-electron chi connectivity index (χ2n) is 29.6. The van der Waals surface area contributed by atoms with Crippen LogP contribution in [0.4, 0.5) is 0 Å². The van der Waals surface area contributed by atoms with Gasteiger partial charge in [-0.15, -0.1) is 0 Å². The minimum Gasteiger partial charge on any atom is -0.394 e. The molecule has 0 saturated carbocycles. The van der Waals surface area contributed by atoms with Gasteiger partial charge in [-0.1, -0.05) is 341 Å². The van der Waals surface area contributed by atoms with Crippen LogP contribution in [0.3, 0.4) is 0 Å². The highest BCUT2D eigenvalue weighted by molar-refractivity contribution is 5.76. The molecule has 3 aliphatic rings. The van der Waals surface area contributed by atoms with E-state index in [-0.39, 0.29) is 18.9 Å². The van der Waals surface area contributed by atoms with Crippen LogP contribution in [0.15, 0.2) is 12.2 Å². The molecular formula is C79H151NO18.